The maximum Gasteiger partial charge on any atom is 0.279 e. The Kier molecular flexibility index (Phi) is 4.74. The van der Waals surface area contributed by atoms with Crippen molar-refractivity contribution < 1.29 is 9.69 Å². The molecule has 3 atom stereocenters. The van der Waals surface area contributed by atoms with Gasteiger partial charge in [-0.3, -0.25) is 4.79 Å². The molecule has 22 heavy (non-hydrogen) atoms. The summed E-state index contributed by atoms with van der Waals surface area (Å²) in [6.45, 7) is 2.76. The van der Waals surface area contributed by atoms with Crippen molar-refractivity contribution in [2.24, 2.45) is 11.8 Å². The number of piperidine rings is 1. The maximum absolute atomic E-state index is 12.3. The lowest BCUT2D eigenvalue weighted by molar-refractivity contribution is -0.902. The molecule has 1 saturated carbocycles. The van der Waals surface area contributed by atoms with Crippen LogP contribution in [-0.2, 0) is 4.79 Å². The number of para-hydroxylation sites is 1. The van der Waals surface area contributed by atoms with Gasteiger partial charge in [-0.15, -0.1) is 0 Å². The molecular formula is C18H24N3O+. The van der Waals surface area contributed by atoms with Crippen LogP contribution in [-0.4, -0.2) is 25.5 Å². The van der Waals surface area contributed by atoms with E-state index in [2.05, 4.69) is 11.4 Å². The van der Waals surface area contributed by atoms with Crippen molar-refractivity contribution in [1.29, 1.82) is 5.26 Å². The number of carbonyl (C=O) groups is 1. The average molecular weight is 298 g/mol. The Hall–Kier alpha value is -1.86. The van der Waals surface area contributed by atoms with Crippen molar-refractivity contribution in [1.82, 2.24) is 0 Å². The Balaban J connectivity index is 1.55. The summed E-state index contributed by atoms with van der Waals surface area (Å²) in [6, 6.07) is 9.30. The van der Waals surface area contributed by atoms with Crippen LogP contribution in [0.4, 0.5) is 5.69 Å². The molecule has 4 nitrogen and oxygen atoms in total. The Bertz CT molecular complexity index is 578. The Labute approximate surface area is 132 Å². The molecule has 1 aliphatic carbocycles. The summed E-state index contributed by atoms with van der Waals surface area (Å²) < 4.78 is 0. The highest BCUT2D eigenvalue weighted by Gasteiger charge is 2.34. The van der Waals surface area contributed by atoms with E-state index in [-0.39, 0.29) is 5.91 Å². The molecule has 1 aromatic carbocycles. The van der Waals surface area contributed by atoms with Gasteiger partial charge in [0.1, 0.15) is 6.07 Å². The minimum Gasteiger partial charge on any atom is -0.327 e. The summed E-state index contributed by atoms with van der Waals surface area (Å²) in [5, 5.41) is 12.0. The molecule has 1 heterocycles. The second kappa shape index (κ2) is 6.93. The number of nitriles is 1. The van der Waals surface area contributed by atoms with Gasteiger partial charge < -0.3 is 10.2 Å². The third-order valence-electron chi connectivity index (χ3n) is 5.22. The smallest absolute Gasteiger partial charge is 0.279 e. The van der Waals surface area contributed by atoms with Crippen LogP contribution in [0.25, 0.3) is 0 Å². The van der Waals surface area contributed by atoms with Gasteiger partial charge in [0.2, 0.25) is 0 Å². The number of likely N-dealkylation sites (tertiary alicyclic amines) is 1. The number of amides is 1. The second-order valence-electron chi connectivity index (χ2n) is 6.68. The van der Waals surface area contributed by atoms with E-state index < -0.39 is 0 Å². The van der Waals surface area contributed by atoms with E-state index in [1.807, 2.05) is 12.1 Å². The highest BCUT2D eigenvalue weighted by molar-refractivity contribution is 5.92. The first-order chi connectivity index (χ1) is 10.8. The summed E-state index contributed by atoms with van der Waals surface area (Å²) in [6.07, 6.45) is 6.74. The summed E-state index contributed by atoms with van der Waals surface area (Å²) in [5.41, 5.74) is 1.15. The largest absolute Gasteiger partial charge is 0.327 e. The summed E-state index contributed by atoms with van der Waals surface area (Å²) in [7, 11) is 0. The number of carbonyl (C=O) groups excluding carboxylic acids is 1. The highest BCUT2D eigenvalue weighted by atomic mass is 16.2. The van der Waals surface area contributed by atoms with Gasteiger partial charge in [0.15, 0.2) is 6.54 Å². The van der Waals surface area contributed by atoms with Gasteiger partial charge in [-0.2, -0.15) is 5.26 Å². The van der Waals surface area contributed by atoms with Crippen molar-refractivity contribution in [3.05, 3.63) is 29.8 Å². The third kappa shape index (κ3) is 3.48. The number of nitrogens with one attached hydrogen (secondary N) is 2. The lowest BCUT2D eigenvalue weighted by atomic mass is 9.75. The van der Waals surface area contributed by atoms with E-state index in [0.29, 0.717) is 17.8 Å². The molecule has 0 radical (unpaired) electrons. The zero-order valence-corrected chi connectivity index (χ0v) is 13.0. The number of fused-ring (bicyclic) bond motifs is 1. The second-order valence-corrected chi connectivity index (χ2v) is 6.68. The Morgan fingerprint density at radius 1 is 1.23 bits per heavy atom. The van der Waals surface area contributed by atoms with Crippen LogP contribution in [0.15, 0.2) is 24.3 Å². The molecule has 2 fully saturated rings. The predicted octanol–water partition coefficient (Wildman–Crippen LogP) is 1.59. The predicted molar refractivity (Wildman–Crippen MR) is 85.4 cm³/mol. The molecule has 1 amide bonds. The molecule has 1 aliphatic heterocycles. The first kappa shape index (κ1) is 15.1. The van der Waals surface area contributed by atoms with Crippen molar-refractivity contribution >= 4 is 11.6 Å². The van der Waals surface area contributed by atoms with Gasteiger partial charge in [-0.25, -0.2) is 0 Å². The molecule has 0 aromatic heterocycles. The monoisotopic (exact) mass is 298 g/mol. The molecule has 1 aromatic rings. The number of benzene rings is 1. The van der Waals surface area contributed by atoms with E-state index >= 15 is 0 Å². The molecule has 2 aliphatic rings. The van der Waals surface area contributed by atoms with Crippen LogP contribution in [0.1, 0.15) is 37.7 Å². The molecule has 116 valence electrons. The number of quaternary nitrogens is 1. The number of hydrogen-bond acceptors (Lipinski definition) is 2. The first-order valence-corrected chi connectivity index (χ1v) is 8.39. The average Bonchev–Trinajstić information content (AvgIpc) is 2.55. The van der Waals surface area contributed by atoms with Crippen LogP contribution in [0.3, 0.4) is 0 Å². The van der Waals surface area contributed by atoms with Gasteiger partial charge >= 0.3 is 0 Å². The number of rotatable bonds is 3. The van der Waals surface area contributed by atoms with Crippen LogP contribution in [0, 0.1) is 23.2 Å². The Morgan fingerprint density at radius 3 is 2.82 bits per heavy atom. The lowest BCUT2D eigenvalue weighted by Gasteiger charge is -2.38. The highest BCUT2D eigenvalue weighted by Crippen LogP contribution is 2.32. The normalized spacial score (nSPS) is 27.5. The molecule has 2 N–H and O–H groups in total. The zero-order valence-electron chi connectivity index (χ0n) is 13.0. The molecule has 1 saturated heterocycles. The fourth-order valence-electron chi connectivity index (χ4n) is 4.07. The number of nitrogens with zero attached hydrogens (tertiary/aromatic N) is 1. The Morgan fingerprint density at radius 2 is 2.00 bits per heavy atom. The van der Waals surface area contributed by atoms with E-state index in [1.54, 1.807) is 12.1 Å². The molecule has 1 unspecified atom stereocenters. The van der Waals surface area contributed by atoms with Crippen molar-refractivity contribution in [2.75, 3.05) is 25.0 Å². The molecule has 4 heteroatoms. The molecular weight excluding hydrogens is 274 g/mol. The van der Waals surface area contributed by atoms with Crippen molar-refractivity contribution in [2.45, 2.75) is 32.1 Å². The lowest BCUT2D eigenvalue weighted by Crippen LogP contribution is -3.15. The number of anilines is 1. The van der Waals surface area contributed by atoms with Crippen LogP contribution >= 0.6 is 0 Å². The molecule has 0 spiro atoms. The number of hydrogen-bond donors (Lipinski definition) is 2. The van der Waals surface area contributed by atoms with Crippen LogP contribution in [0.2, 0.25) is 0 Å². The quantitative estimate of drug-likeness (QED) is 0.890. The van der Waals surface area contributed by atoms with E-state index in [9.17, 15) is 4.79 Å². The SMILES string of the molecule is N#Cc1ccccc1NC(=O)C[NH+]1CC[C@H]2CCCC[C@@H]2C1. The minimum absolute atomic E-state index is 0.0203. The fraction of sp³-hybridized carbons (Fsp3) is 0.556. The summed E-state index contributed by atoms with van der Waals surface area (Å²) >= 11 is 0. The van der Waals surface area contributed by atoms with Crippen LogP contribution < -0.4 is 10.2 Å². The van der Waals surface area contributed by atoms with E-state index in [0.717, 1.165) is 24.9 Å². The fourth-order valence-corrected chi connectivity index (χ4v) is 4.07. The first-order valence-electron chi connectivity index (χ1n) is 8.39. The van der Waals surface area contributed by atoms with E-state index in [4.69, 9.17) is 5.26 Å². The van der Waals surface area contributed by atoms with Gasteiger partial charge in [0, 0.05) is 5.92 Å². The standard InChI is InChI=1S/C18H23N3O/c19-11-15-6-3-4-8-17(15)20-18(22)13-21-10-9-14-5-1-2-7-16(14)12-21/h3-4,6,8,14,16H,1-2,5,7,9-10,12-13H2,(H,20,22)/p+1/t14-,16-/m1/s1. The molecule has 0 bridgehead atoms. The molecule has 3 rings (SSSR count). The van der Waals surface area contributed by atoms with Gasteiger partial charge in [0.25, 0.3) is 5.91 Å². The van der Waals surface area contributed by atoms with Crippen molar-refractivity contribution in [3.63, 3.8) is 0 Å². The van der Waals surface area contributed by atoms with Gasteiger partial charge in [-0.05, 0) is 37.3 Å². The van der Waals surface area contributed by atoms with Crippen molar-refractivity contribution in [3.8, 4) is 6.07 Å². The van der Waals surface area contributed by atoms with E-state index in [1.165, 1.54) is 37.0 Å². The maximum atomic E-state index is 12.3. The van der Waals surface area contributed by atoms with Crippen LogP contribution in [0.5, 0.6) is 0 Å². The zero-order chi connectivity index (χ0) is 15.4. The minimum atomic E-state index is 0.0203. The summed E-state index contributed by atoms with van der Waals surface area (Å²) in [4.78, 5) is 13.7. The topological polar surface area (TPSA) is 57.3 Å². The van der Waals surface area contributed by atoms with Gasteiger partial charge in [0.05, 0.1) is 24.3 Å². The van der Waals surface area contributed by atoms with Gasteiger partial charge in [-0.1, -0.05) is 25.0 Å². The third-order valence-corrected chi connectivity index (χ3v) is 5.22. The summed E-state index contributed by atoms with van der Waals surface area (Å²) in [5.74, 6) is 1.74.